The van der Waals surface area contributed by atoms with Gasteiger partial charge in [-0.05, 0) is 30.7 Å². The highest BCUT2D eigenvalue weighted by Crippen LogP contribution is 2.39. The second-order valence-electron chi connectivity index (χ2n) is 5.35. The third-order valence-corrected chi connectivity index (χ3v) is 4.24. The first-order valence-electron chi connectivity index (χ1n) is 6.45. The Labute approximate surface area is 106 Å². The summed E-state index contributed by atoms with van der Waals surface area (Å²) in [5, 5.41) is 0. The van der Waals surface area contributed by atoms with Gasteiger partial charge in [-0.25, -0.2) is 4.98 Å². The summed E-state index contributed by atoms with van der Waals surface area (Å²) in [5.74, 6) is 1.92. The van der Waals surface area contributed by atoms with Crippen molar-refractivity contribution in [2.24, 2.45) is 17.6 Å². The Morgan fingerprint density at radius 1 is 1.33 bits per heavy atom. The fourth-order valence-corrected chi connectivity index (χ4v) is 3.26. The fraction of sp³-hybridized carbons (Fsp3) is 0.538. The smallest absolute Gasteiger partial charge is 0.250 e. The summed E-state index contributed by atoms with van der Waals surface area (Å²) >= 11 is 0. The molecule has 4 N–H and O–H groups in total. The normalized spacial score (nSPS) is 26.3. The van der Waals surface area contributed by atoms with E-state index in [2.05, 4.69) is 9.88 Å². The molecule has 1 amide bonds. The molecule has 1 aliphatic heterocycles. The third kappa shape index (κ3) is 1.79. The molecule has 2 heterocycles. The Bertz CT molecular complexity index is 476. The molecule has 18 heavy (non-hydrogen) atoms. The highest BCUT2D eigenvalue weighted by molar-refractivity contribution is 5.98. The Kier molecular flexibility index (Phi) is 2.61. The lowest BCUT2D eigenvalue weighted by molar-refractivity contribution is 0.100. The SMILES string of the molecule is NC(=O)c1cc(N2CC3CCCC3C2)ncc1N. The molecule has 3 rings (SSSR count). The molecule has 1 saturated carbocycles. The van der Waals surface area contributed by atoms with E-state index in [9.17, 15) is 4.79 Å². The Hall–Kier alpha value is -1.78. The number of amides is 1. The zero-order valence-corrected chi connectivity index (χ0v) is 10.3. The number of primary amides is 1. The van der Waals surface area contributed by atoms with E-state index in [0.29, 0.717) is 11.3 Å². The van der Waals surface area contributed by atoms with Crippen molar-refractivity contribution in [3.05, 3.63) is 17.8 Å². The number of anilines is 2. The van der Waals surface area contributed by atoms with E-state index in [1.54, 1.807) is 6.07 Å². The van der Waals surface area contributed by atoms with Gasteiger partial charge < -0.3 is 16.4 Å². The number of hydrogen-bond acceptors (Lipinski definition) is 4. The van der Waals surface area contributed by atoms with Crippen molar-refractivity contribution in [1.82, 2.24) is 4.98 Å². The molecule has 0 radical (unpaired) electrons. The zero-order valence-electron chi connectivity index (χ0n) is 10.3. The van der Waals surface area contributed by atoms with Crippen LogP contribution in [0.25, 0.3) is 0 Å². The van der Waals surface area contributed by atoms with Crippen molar-refractivity contribution in [3.8, 4) is 0 Å². The van der Waals surface area contributed by atoms with Gasteiger partial charge >= 0.3 is 0 Å². The number of pyridine rings is 1. The number of nitrogens with two attached hydrogens (primary N) is 2. The van der Waals surface area contributed by atoms with E-state index in [-0.39, 0.29) is 0 Å². The van der Waals surface area contributed by atoms with Crippen molar-refractivity contribution in [1.29, 1.82) is 0 Å². The summed E-state index contributed by atoms with van der Waals surface area (Å²) in [6.07, 6.45) is 5.52. The quantitative estimate of drug-likeness (QED) is 0.815. The van der Waals surface area contributed by atoms with Crippen LogP contribution in [-0.2, 0) is 0 Å². The van der Waals surface area contributed by atoms with Crippen molar-refractivity contribution < 1.29 is 4.79 Å². The van der Waals surface area contributed by atoms with Gasteiger partial charge in [0.1, 0.15) is 5.82 Å². The topological polar surface area (TPSA) is 85.2 Å². The largest absolute Gasteiger partial charge is 0.397 e. The van der Waals surface area contributed by atoms with Gasteiger partial charge in [-0.15, -0.1) is 0 Å². The maximum atomic E-state index is 11.3. The maximum absolute atomic E-state index is 11.3. The summed E-state index contributed by atoms with van der Waals surface area (Å²) in [4.78, 5) is 17.9. The molecule has 5 nitrogen and oxygen atoms in total. The van der Waals surface area contributed by atoms with Crippen molar-refractivity contribution in [2.75, 3.05) is 23.7 Å². The summed E-state index contributed by atoms with van der Waals surface area (Å²) in [6.45, 7) is 2.08. The number of hydrogen-bond donors (Lipinski definition) is 2. The molecule has 2 aliphatic rings. The van der Waals surface area contributed by atoms with Crippen LogP contribution in [-0.4, -0.2) is 24.0 Å². The lowest BCUT2D eigenvalue weighted by Gasteiger charge is -2.19. The molecule has 1 aromatic rings. The summed E-state index contributed by atoms with van der Waals surface area (Å²) < 4.78 is 0. The van der Waals surface area contributed by atoms with Gasteiger partial charge in [0.2, 0.25) is 0 Å². The van der Waals surface area contributed by atoms with E-state index in [4.69, 9.17) is 11.5 Å². The van der Waals surface area contributed by atoms with Gasteiger partial charge in [-0.1, -0.05) is 6.42 Å². The van der Waals surface area contributed by atoms with Crippen LogP contribution in [0, 0.1) is 11.8 Å². The molecule has 1 saturated heterocycles. The second-order valence-corrected chi connectivity index (χ2v) is 5.35. The lowest BCUT2D eigenvalue weighted by Crippen LogP contribution is -2.23. The van der Waals surface area contributed by atoms with Crippen LogP contribution in [0.2, 0.25) is 0 Å². The van der Waals surface area contributed by atoms with E-state index in [0.717, 1.165) is 30.7 Å². The summed E-state index contributed by atoms with van der Waals surface area (Å²) in [5.41, 5.74) is 11.7. The molecule has 0 spiro atoms. The van der Waals surface area contributed by atoms with Crippen LogP contribution >= 0.6 is 0 Å². The van der Waals surface area contributed by atoms with Gasteiger partial charge in [0.05, 0.1) is 17.4 Å². The molecule has 2 fully saturated rings. The van der Waals surface area contributed by atoms with Gasteiger partial charge in [0.25, 0.3) is 5.91 Å². The van der Waals surface area contributed by atoms with E-state index in [1.165, 1.54) is 25.5 Å². The van der Waals surface area contributed by atoms with Crippen molar-refractivity contribution >= 4 is 17.4 Å². The molecule has 5 heteroatoms. The van der Waals surface area contributed by atoms with E-state index >= 15 is 0 Å². The third-order valence-electron chi connectivity index (χ3n) is 4.24. The first kappa shape index (κ1) is 11.3. The van der Waals surface area contributed by atoms with Gasteiger partial charge in [-0.3, -0.25) is 4.79 Å². The van der Waals surface area contributed by atoms with E-state index in [1.807, 2.05) is 0 Å². The zero-order chi connectivity index (χ0) is 12.7. The predicted molar refractivity (Wildman–Crippen MR) is 70.2 cm³/mol. The Balaban J connectivity index is 1.85. The fourth-order valence-electron chi connectivity index (χ4n) is 3.26. The van der Waals surface area contributed by atoms with Crippen LogP contribution in [0.3, 0.4) is 0 Å². The molecular weight excluding hydrogens is 228 g/mol. The summed E-state index contributed by atoms with van der Waals surface area (Å²) in [6, 6.07) is 1.72. The molecule has 1 aliphatic carbocycles. The molecule has 2 unspecified atom stereocenters. The van der Waals surface area contributed by atoms with Crippen LogP contribution in [0.4, 0.5) is 11.5 Å². The predicted octanol–water partition coefficient (Wildman–Crippen LogP) is 0.999. The monoisotopic (exact) mass is 246 g/mol. The average Bonchev–Trinajstić information content (AvgIpc) is 2.89. The number of aromatic nitrogens is 1. The summed E-state index contributed by atoms with van der Waals surface area (Å²) in [7, 11) is 0. The molecule has 1 aromatic heterocycles. The number of rotatable bonds is 2. The van der Waals surface area contributed by atoms with Gasteiger partial charge in [0.15, 0.2) is 0 Å². The van der Waals surface area contributed by atoms with Crippen LogP contribution < -0.4 is 16.4 Å². The highest BCUT2D eigenvalue weighted by Gasteiger charge is 2.36. The minimum Gasteiger partial charge on any atom is -0.397 e. The first-order valence-corrected chi connectivity index (χ1v) is 6.45. The molecule has 0 aromatic carbocycles. The lowest BCUT2D eigenvalue weighted by atomic mass is 10.0. The van der Waals surface area contributed by atoms with E-state index < -0.39 is 5.91 Å². The van der Waals surface area contributed by atoms with Gasteiger partial charge in [0, 0.05) is 13.1 Å². The Morgan fingerprint density at radius 3 is 2.61 bits per heavy atom. The maximum Gasteiger partial charge on any atom is 0.250 e. The highest BCUT2D eigenvalue weighted by atomic mass is 16.1. The number of carbonyl (C=O) groups is 1. The molecule has 0 bridgehead atoms. The molecule has 2 atom stereocenters. The first-order chi connectivity index (χ1) is 8.65. The minimum atomic E-state index is -0.490. The number of fused-ring (bicyclic) bond motifs is 1. The van der Waals surface area contributed by atoms with Crippen molar-refractivity contribution in [2.45, 2.75) is 19.3 Å². The van der Waals surface area contributed by atoms with Crippen LogP contribution in [0.1, 0.15) is 29.6 Å². The number of nitrogens with zero attached hydrogens (tertiary/aromatic N) is 2. The van der Waals surface area contributed by atoms with Crippen molar-refractivity contribution in [3.63, 3.8) is 0 Å². The van der Waals surface area contributed by atoms with Crippen LogP contribution in [0.5, 0.6) is 0 Å². The number of carbonyl (C=O) groups excluding carboxylic acids is 1. The Morgan fingerprint density at radius 2 is 2.00 bits per heavy atom. The molecule has 96 valence electrons. The number of nitrogen functional groups attached to an aromatic ring is 1. The molecular formula is C13H18N4O. The standard InChI is InChI=1S/C13H18N4O/c14-11-5-16-12(4-10(11)13(15)18)17-6-8-2-1-3-9(8)7-17/h4-5,8-9H,1-3,6-7,14H2,(H2,15,18). The van der Waals surface area contributed by atoms with Crippen LogP contribution in [0.15, 0.2) is 12.3 Å². The second kappa shape index (κ2) is 4.15. The average molecular weight is 246 g/mol. The van der Waals surface area contributed by atoms with Gasteiger partial charge in [-0.2, -0.15) is 0 Å². The minimum absolute atomic E-state index is 0.352.